The van der Waals surface area contributed by atoms with Crippen LogP contribution in [0.3, 0.4) is 0 Å². The largest absolute Gasteiger partial charge is 0.350 e. The summed E-state index contributed by atoms with van der Waals surface area (Å²) in [5.41, 5.74) is 7.37. The van der Waals surface area contributed by atoms with Gasteiger partial charge in [0.15, 0.2) is 0 Å². The number of carbonyl (C=O) groups is 1. The number of carbonyl (C=O) groups excluding carboxylic acids is 1. The summed E-state index contributed by atoms with van der Waals surface area (Å²) in [7, 11) is -3.43. The van der Waals surface area contributed by atoms with Gasteiger partial charge in [-0.25, -0.2) is 8.42 Å². The Morgan fingerprint density at radius 2 is 1.50 bits per heavy atom. The third-order valence-corrected chi connectivity index (χ3v) is 6.58. The van der Waals surface area contributed by atoms with Gasteiger partial charge in [-0.2, -0.15) is 0 Å². The summed E-state index contributed by atoms with van der Waals surface area (Å²) >= 11 is 0. The molecular formula is C24H34N2O3S. The predicted molar refractivity (Wildman–Crippen MR) is 125 cm³/mol. The standard InChI is InChI=1S/C24H34N2O3S/c1-16-11-17(2)13-22(12-16)26(30(7,28)29)10-8-9-24(27)25-21(6)23-15-19(4)18(3)14-20(23)5/h11-15,21H,8-10H2,1-7H3,(H,25,27). The van der Waals surface area contributed by atoms with Gasteiger partial charge in [0, 0.05) is 13.0 Å². The molecule has 0 spiro atoms. The Hall–Kier alpha value is -2.34. The zero-order valence-electron chi connectivity index (χ0n) is 19.2. The van der Waals surface area contributed by atoms with Crippen LogP contribution in [-0.4, -0.2) is 27.1 Å². The Morgan fingerprint density at radius 3 is 2.07 bits per heavy atom. The molecule has 0 aliphatic carbocycles. The fraction of sp³-hybridized carbons (Fsp3) is 0.458. The molecule has 0 radical (unpaired) electrons. The topological polar surface area (TPSA) is 66.5 Å². The molecule has 5 nitrogen and oxygen atoms in total. The van der Waals surface area contributed by atoms with Gasteiger partial charge in [-0.1, -0.05) is 18.2 Å². The molecule has 164 valence electrons. The molecule has 6 heteroatoms. The highest BCUT2D eigenvalue weighted by Gasteiger charge is 2.19. The van der Waals surface area contributed by atoms with Crippen molar-refractivity contribution in [1.82, 2.24) is 5.32 Å². The SMILES string of the molecule is Cc1cc(C)cc(N(CCCC(=O)NC(C)c2cc(C)c(C)cc2C)S(C)(=O)=O)c1. The maximum atomic E-state index is 12.5. The Kier molecular flexibility index (Phi) is 7.70. The molecule has 0 saturated carbocycles. The molecule has 1 amide bonds. The van der Waals surface area contributed by atoms with Crippen LogP contribution in [0.25, 0.3) is 0 Å². The van der Waals surface area contributed by atoms with Crippen LogP contribution in [0.5, 0.6) is 0 Å². The van der Waals surface area contributed by atoms with Crippen molar-refractivity contribution in [3.8, 4) is 0 Å². The lowest BCUT2D eigenvalue weighted by molar-refractivity contribution is -0.121. The number of sulfonamides is 1. The second kappa shape index (κ2) is 9.65. The highest BCUT2D eigenvalue weighted by Crippen LogP contribution is 2.23. The summed E-state index contributed by atoms with van der Waals surface area (Å²) in [4.78, 5) is 12.5. The Balaban J connectivity index is 2.01. The van der Waals surface area contributed by atoms with E-state index in [2.05, 4.69) is 38.2 Å². The maximum absolute atomic E-state index is 12.5. The van der Waals surface area contributed by atoms with Crippen LogP contribution >= 0.6 is 0 Å². The van der Waals surface area contributed by atoms with E-state index >= 15 is 0 Å². The number of benzene rings is 2. The summed E-state index contributed by atoms with van der Waals surface area (Å²) in [5, 5.41) is 3.05. The number of nitrogens with one attached hydrogen (secondary N) is 1. The van der Waals surface area contributed by atoms with E-state index in [-0.39, 0.29) is 24.9 Å². The van der Waals surface area contributed by atoms with Crippen molar-refractivity contribution in [3.05, 3.63) is 63.7 Å². The minimum Gasteiger partial charge on any atom is -0.350 e. The fourth-order valence-electron chi connectivity index (χ4n) is 3.81. The van der Waals surface area contributed by atoms with Crippen molar-refractivity contribution in [1.29, 1.82) is 0 Å². The highest BCUT2D eigenvalue weighted by molar-refractivity contribution is 7.92. The Bertz CT molecular complexity index is 1010. The molecule has 0 aliphatic heterocycles. The van der Waals surface area contributed by atoms with Crippen molar-refractivity contribution in [2.45, 2.75) is 60.4 Å². The van der Waals surface area contributed by atoms with E-state index in [0.29, 0.717) is 12.1 Å². The molecule has 1 atom stereocenters. The number of aryl methyl sites for hydroxylation is 5. The van der Waals surface area contributed by atoms with Crippen LogP contribution in [-0.2, 0) is 14.8 Å². The van der Waals surface area contributed by atoms with Gasteiger partial charge in [-0.15, -0.1) is 0 Å². The number of amides is 1. The molecule has 0 aromatic heterocycles. The van der Waals surface area contributed by atoms with E-state index in [0.717, 1.165) is 22.3 Å². The molecule has 2 rings (SSSR count). The normalized spacial score (nSPS) is 12.5. The van der Waals surface area contributed by atoms with E-state index in [9.17, 15) is 13.2 Å². The van der Waals surface area contributed by atoms with Crippen LogP contribution < -0.4 is 9.62 Å². The highest BCUT2D eigenvalue weighted by atomic mass is 32.2. The fourth-order valence-corrected chi connectivity index (χ4v) is 4.75. The van der Waals surface area contributed by atoms with Gasteiger partial charge < -0.3 is 5.32 Å². The molecule has 1 unspecified atom stereocenters. The molecule has 1 N–H and O–H groups in total. The number of nitrogens with zero attached hydrogens (tertiary/aromatic N) is 1. The van der Waals surface area contributed by atoms with Crippen molar-refractivity contribution >= 4 is 21.6 Å². The van der Waals surface area contributed by atoms with Crippen LogP contribution in [0.15, 0.2) is 30.3 Å². The molecule has 2 aromatic carbocycles. The molecule has 0 heterocycles. The molecule has 0 saturated heterocycles. The first-order valence-corrected chi connectivity index (χ1v) is 12.2. The van der Waals surface area contributed by atoms with E-state index in [4.69, 9.17) is 0 Å². The van der Waals surface area contributed by atoms with Crippen molar-refractivity contribution in [2.24, 2.45) is 0 Å². The van der Waals surface area contributed by atoms with Crippen LogP contribution in [0.2, 0.25) is 0 Å². The Morgan fingerprint density at radius 1 is 0.933 bits per heavy atom. The number of anilines is 1. The number of hydrogen-bond donors (Lipinski definition) is 1. The number of rotatable bonds is 8. The van der Waals surface area contributed by atoms with E-state index in [1.807, 2.05) is 39.0 Å². The second-order valence-corrected chi connectivity index (χ2v) is 10.3. The van der Waals surface area contributed by atoms with Gasteiger partial charge in [0.05, 0.1) is 18.0 Å². The predicted octanol–water partition coefficient (Wildman–Crippen LogP) is 4.65. The quantitative estimate of drug-likeness (QED) is 0.663. The molecule has 30 heavy (non-hydrogen) atoms. The third kappa shape index (κ3) is 6.33. The van der Waals surface area contributed by atoms with Crippen molar-refractivity contribution < 1.29 is 13.2 Å². The van der Waals surface area contributed by atoms with Gasteiger partial charge in [0.1, 0.15) is 0 Å². The summed E-state index contributed by atoms with van der Waals surface area (Å²) < 4.78 is 26.0. The third-order valence-electron chi connectivity index (χ3n) is 5.39. The lowest BCUT2D eigenvalue weighted by atomic mass is 9.96. The van der Waals surface area contributed by atoms with Crippen LogP contribution in [0, 0.1) is 34.6 Å². The average molecular weight is 431 g/mol. The monoisotopic (exact) mass is 430 g/mol. The summed E-state index contributed by atoms with van der Waals surface area (Å²) in [6.07, 6.45) is 1.92. The number of hydrogen-bond acceptors (Lipinski definition) is 3. The van der Waals surface area contributed by atoms with Gasteiger partial charge >= 0.3 is 0 Å². The summed E-state index contributed by atoms with van der Waals surface area (Å²) in [5.74, 6) is -0.0750. The van der Waals surface area contributed by atoms with Gasteiger partial charge in [-0.3, -0.25) is 9.10 Å². The van der Waals surface area contributed by atoms with Crippen molar-refractivity contribution in [3.63, 3.8) is 0 Å². The smallest absolute Gasteiger partial charge is 0.232 e. The first-order chi connectivity index (χ1) is 13.9. The lowest BCUT2D eigenvalue weighted by Gasteiger charge is -2.23. The van der Waals surface area contributed by atoms with Gasteiger partial charge in [0.2, 0.25) is 15.9 Å². The van der Waals surface area contributed by atoms with Gasteiger partial charge in [0.25, 0.3) is 0 Å². The average Bonchev–Trinajstić information content (AvgIpc) is 2.59. The zero-order valence-corrected chi connectivity index (χ0v) is 20.0. The summed E-state index contributed by atoms with van der Waals surface area (Å²) in [6, 6.07) is 9.90. The maximum Gasteiger partial charge on any atom is 0.232 e. The summed E-state index contributed by atoms with van der Waals surface area (Å²) in [6.45, 7) is 12.3. The molecule has 2 aromatic rings. The zero-order chi connectivity index (χ0) is 22.6. The second-order valence-electron chi connectivity index (χ2n) is 8.37. The molecule has 0 fully saturated rings. The lowest BCUT2D eigenvalue weighted by Crippen LogP contribution is -2.32. The molecule has 0 bridgehead atoms. The minimum atomic E-state index is -3.43. The first kappa shape index (κ1) is 23.9. The first-order valence-electron chi connectivity index (χ1n) is 10.3. The van der Waals surface area contributed by atoms with Crippen LogP contribution in [0.1, 0.15) is 59.2 Å². The van der Waals surface area contributed by atoms with E-state index < -0.39 is 10.0 Å². The van der Waals surface area contributed by atoms with Gasteiger partial charge in [-0.05, 0) is 93.5 Å². The molecular weight excluding hydrogens is 396 g/mol. The molecule has 0 aliphatic rings. The van der Waals surface area contributed by atoms with Crippen LogP contribution in [0.4, 0.5) is 5.69 Å². The van der Waals surface area contributed by atoms with Crippen molar-refractivity contribution in [2.75, 3.05) is 17.1 Å². The van der Waals surface area contributed by atoms with E-state index in [1.54, 1.807) is 0 Å². The van der Waals surface area contributed by atoms with E-state index in [1.165, 1.54) is 21.7 Å². The minimum absolute atomic E-state index is 0.0750. The Labute approximate surface area is 181 Å².